The van der Waals surface area contributed by atoms with E-state index in [9.17, 15) is 9.18 Å². The van der Waals surface area contributed by atoms with Gasteiger partial charge in [-0.25, -0.2) is 4.39 Å². The van der Waals surface area contributed by atoms with Crippen LogP contribution >= 0.6 is 0 Å². The maximum absolute atomic E-state index is 13.1. The minimum absolute atomic E-state index is 0.0220. The van der Waals surface area contributed by atoms with E-state index in [0.717, 1.165) is 11.1 Å². The van der Waals surface area contributed by atoms with Gasteiger partial charge in [0.15, 0.2) is 11.5 Å². The lowest BCUT2D eigenvalue weighted by Crippen LogP contribution is -2.31. The highest BCUT2D eigenvalue weighted by Gasteiger charge is 2.14. The fraction of sp³-hybridized carbons (Fsp3) is 0.350. The molecule has 0 aromatic heterocycles. The lowest BCUT2D eigenvalue weighted by Gasteiger charge is -2.14. The van der Waals surface area contributed by atoms with E-state index in [0.29, 0.717) is 30.9 Å². The van der Waals surface area contributed by atoms with Crippen LogP contribution < -0.4 is 14.8 Å². The van der Waals surface area contributed by atoms with E-state index < -0.39 is 0 Å². The van der Waals surface area contributed by atoms with Crippen molar-refractivity contribution in [3.8, 4) is 11.5 Å². The van der Waals surface area contributed by atoms with E-state index in [-0.39, 0.29) is 17.6 Å². The lowest BCUT2D eigenvalue weighted by atomic mass is 10.00. The largest absolute Gasteiger partial charge is 0.493 e. The van der Waals surface area contributed by atoms with Gasteiger partial charge in [-0.05, 0) is 48.2 Å². The minimum atomic E-state index is -0.259. The van der Waals surface area contributed by atoms with Gasteiger partial charge >= 0.3 is 0 Å². The third kappa shape index (κ3) is 5.48. The molecule has 0 bridgehead atoms. The first-order chi connectivity index (χ1) is 12.0. The summed E-state index contributed by atoms with van der Waals surface area (Å²) in [5.74, 6) is 0.861. The third-order valence-electron chi connectivity index (χ3n) is 4.04. The maximum atomic E-state index is 13.1. The van der Waals surface area contributed by atoms with Crippen LogP contribution in [0, 0.1) is 11.7 Å². The van der Waals surface area contributed by atoms with Crippen molar-refractivity contribution in [1.29, 1.82) is 0 Å². The molecule has 0 aliphatic heterocycles. The van der Waals surface area contributed by atoms with Crippen molar-refractivity contribution in [2.75, 3.05) is 20.8 Å². The molecule has 0 saturated carbocycles. The SMILES string of the molecule is COc1ccc(CC(C)C(=O)NCCc2cccc(F)c2)cc1OC. The smallest absolute Gasteiger partial charge is 0.223 e. The molecule has 2 rings (SSSR count). The average Bonchev–Trinajstić information content (AvgIpc) is 2.61. The highest BCUT2D eigenvalue weighted by molar-refractivity contribution is 5.78. The van der Waals surface area contributed by atoms with Crippen LogP contribution in [-0.4, -0.2) is 26.7 Å². The zero-order chi connectivity index (χ0) is 18.2. The number of hydrogen-bond acceptors (Lipinski definition) is 3. The molecule has 2 aromatic rings. The van der Waals surface area contributed by atoms with Gasteiger partial charge in [0.2, 0.25) is 5.91 Å². The molecular weight excluding hydrogens is 321 g/mol. The molecule has 0 spiro atoms. The number of benzene rings is 2. The van der Waals surface area contributed by atoms with Crippen molar-refractivity contribution >= 4 is 5.91 Å². The van der Waals surface area contributed by atoms with Gasteiger partial charge in [0.05, 0.1) is 14.2 Å². The Labute approximate surface area is 148 Å². The number of ether oxygens (including phenoxy) is 2. The van der Waals surface area contributed by atoms with Crippen molar-refractivity contribution in [1.82, 2.24) is 5.32 Å². The first-order valence-electron chi connectivity index (χ1n) is 8.26. The van der Waals surface area contributed by atoms with Crippen LogP contribution in [0.5, 0.6) is 11.5 Å². The number of carbonyl (C=O) groups excluding carboxylic acids is 1. The zero-order valence-corrected chi connectivity index (χ0v) is 14.8. The van der Waals surface area contributed by atoms with Crippen molar-refractivity contribution in [2.24, 2.45) is 5.92 Å². The second-order valence-corrected chi connectivity index (χ2v) is 5.97. The Morgan fingerprint density at radius 3 is 2.52 bits per heavy atom. The van der Waals surface area contributed by atoms with E-state index in [2.05, 4.69) is 5.32 Å². The summed E-state index contributed by atoms with van der Waals surface area (Å²) in [4.78, 5) is 12.2. The number of methoxy groups -OCH3 is 2. The first-order valence-corrected chi connectivity index (χ1v) is 8.26. The summed E-state index contributed by atoms with van der Waals surface area (Å²) < 4.78 is 23.6. The molecule has 1 amide bonds. The van der Waals surface area contributed by atoms with Crippen LogP contribution in [0.4, 0.5) is 4.39 Å². The number of hydrogen-bond donors (Lipinski definition) is 1. The van der Waals surface area contributed by atoms with Crippen molar-refractivity contribution in [3.63, 3.8) is 0 Å². The molecule has 0 aliphatic carbocycles. The van der Waals surface area contributed by atoms with Gasteiger partial charge in [0, 0.05) is 12.5 Å². The molecule has 1 N–H and O–H groups in total. The van der Waals surface area contributed by atoms with Crippen LogP contribution in [-0.2, 0) is 17.6 Å². The summed E-state index contributed by atoms with van der Waals surface area (Å²) in [6.45, 7) is 2.37. The Morgan fingerprint density at radius 1 is 1.08 bits per heavy atom. The molecular formula is C20H24FNO3. The van der Waals surface area contributed by atoms with Crippen molar-refractivity contribution in [3.05, 3.63) is 59.4 Å². The highest BCUT2D eigenvalue weighted by atomic mass is 19.1. The second kappa shape index (κ2) is 9.06. The molecule has 0 saturated heterocycles. The quantitative estimate of drug-likeness (QED) is 0.798. The van der Waals surface area contributed by atoms with Gasteiger partial charge in [-0.2, -0.15) is 0 Å². The maximum Gasteiger partial charge on any atom is 0.223 e. The molecule has 2 aromatic carbocycles. The molecule has 0 radical (unpaired) electrons. The Hall–Kier alpha value is -2.56. The summed E-state index contributed by atoms with van der Waals surface area (Å²) in [5, 5.41) is 2.90. The Morgan fingerprint density at radius 2 is 1.84 bits per heavy atom. The van der Waals surface area contributed by atoms with Crippen molar-refractivity contribution < 1.29 is 18.7 Å². The van der Waals surface area contributed by atoms with Gasteiger partial charge in [0.25, 0.3) is 0 Å². The molecule has 0 fully saturated rings. The standard InChI is InChI=1S/C20H24FNO3/c1-14(11-16-7-8-18(24-2)19(13-16)25-3)20(23)22-10-9-15-5-4-6-17(21)12-15/h4-8,12-14H,9-11H2,1-3H3,(H,22,23). The first kappa shape index (κ1) is 18.8. The molecule has 134 valence electrons. The second-order valence-electron chi connectivity index (χ2n) is 5.97. The highest BCUT2D eigenvalue weighted by Crippen LogP contribution is 2.28. The number of nitrogens with one attached hydrogen (secondary N) is 1. The van der Waals surface area contributed by atoms with E-state index in [4.69, 9.17) is 9.47 Å². The van der Waals surface area contributed by atoms with Crippen LogP contribution in [0.3, 0.4) is 0 Å². The monoisotopic (exact) mass is 345 g/mol. The molecule has 0 heterocycles. The summed E-state index contributed by atoms with van der Waals surface area (Å²) in [5.41, 5.74) is 1.87. The number of rotatable bonds is 8. The Kier molecular flexibility index (Phi) is 6.81. The van der Waals surface area contributed by atoms with Gasteiger partial charge in [-0.1, -0.05) is 25.1 Å². The molecule has 4 nitrogen and oxygen atoms in total. The fourth-order valence-corrected chi connectivity index (χ4v) is 2.65. The van der Waals surface area contributed by atoms with Gasteiger partial charge in [0.1, 0.15) is 5.82 Å². The molecule has 1 atom stereocenters. The summed E-state index contributed by atoms with van der Waals surface area (Å²) >= 11 is 0. The summed E-state index contributed by atoms with van der Waals surface area (Å²) in [6, 6.07) is 12.1. The summed E-state index contributed by atoms with van der Waals surface area (Å²) in [7, 11) is 3.18. The van der Waals surface area contributed by atoms with Crippen LogP contribution in [0.15, 0.2) is 42.5 Å². The van der Waals surface area contributed by atoms with Gasteiger partial charge in [-0.15, -0.1) is 0 Å². The molecule has 5 heteroatoms. The van der Waals surface area contributed by atoms with Crippen LogP contribution in [0.1, 0.15) is 18.1 Å². The molecule has 0 aliphatic rings. The van der Waals surface area contributed by atoms with Gasteiger partial charge < -0.3 is 14.8 Å². The average molecular weight is 345 g/mol. The normalized spacial score (nSPS) is 11.7. The molecule has 1 unspecified atom stereocenters. The predicted octanol–water partition coefficient (Wildman–Crippen LogP) is 3.38. The third-order valence-corrected chi connectivity index (χ3v) is 4.04. The van der Waals surface area contributed by atoms with E-state index in [1.807, 2.05) is 31.2 Å². The van der Waals surface area contributed by atoms with E-state index in [1.165, 1.54) is 12.1 Å². The fourth-order valence-electron chi connectivity index (χ4n) is 2.65. The Balaban J connectivity index is 1.85. The Bertz CT molecular complexity index is 718. The lowest BCUT2D eigenvalue weighted by molar-refractivity contribution is -0.124. The number of carbonyl (C=O) groups is 1. The van der Waals surface area contributed by atoms with Crippen molar-refractivity contribution in [2.45, 2.75) is 19.8 Å². The summed E-state index contributed by atoms with van der Waals surface area (Å²) in [6.07, 6.45) is 1.21. The number of halogens is 1. The topological polar surface area (TPSA) is 47.6 Å². The van der Waals surface area contributed by atoms with Crippen LogP contribution in [0.25, 0.3) is 0 Å². The van der Waals surface area contributed by atoms with E-state index in [1.54, 1.807) is 20.3 Å². The minimum Gasteiger partial charge on any atom is -0.493 e. The zero-order valence-electron chi connectivity index (χ0n) is 14.8. The number of amides is 1. The van der Waals surface area contributed by atoms with Crippen LogP contribution in [0.2, 0.25) is 0 Å². The van der Waals surface area contributed by atoms with E-state index >= 15 is 0 Å². The van der Waals surface area contributed by atoms with Gasteiger partial charge in [-0.3, -0.25) is 4.79 Å². The molecule has 25 heavy (non-hydrogen) atoms. The predicted molar refractivity (Wildman–Crippen MR) is 95.5 cm³/mol.